The van der Waals surface area contributed by atoms with Gasteiger partial charge in [-0.1, -0.05) is 0 Å². The molecule has 0 aromatic heterocycles. The molecule has 0 amide bonds. The molecule has 0 rings (SSSR count). The van der Waals surface area contributed by atoms with Crippen molar-refractivity contribution >= 4 is 37.5 Å². The van der Waals surface area contributed by atoms with Gasteiger partial charge in [-0.15, -0.1) is 4.20 Å². The molecule has 6 heavy (non-hydrogen) atoms. The average molecular weight is 123 g/mol. The maximum atomic E-state index is 10.4. The molecule has 6 heteroatoms. The van der Waals surface area contributed by atoms with Crippen molar-refractivity contribution in [2.24, 2.45) is 0 Å². The van der Waals surface area contributed by atoms with Crippen molar-refractivity contribution in [2.75, 3.05) is 0 Å². The minimum atomic E-state index is -5.14. The fourth-order valence-corrected chi connectivity index (χ4v) is 0. The fraction of sp³-hybridized carbons (Fsp3) is 0. The van der Waals surface area contributed by atoms with E-state index in [4.69, 9.17) is 14.4 Å². The smallest absolute Gasteiger partial charge is 0.299 e. The zero-order valence-corrected chi connectivity index (χ0v) is 6.02. The molecule has 1 radical (unpaired) electrons. The Morgan fingerprint density at radius 1 is 1.50 bits per heavy atom. The van der Waals surface area contributed by atoms with Gasteiger partial charge in [-0.2, -0.15) is 0 Å². The van der Waals surface area contributed by atoms with Crippen LogP contribution in [0.5, 0.6) is 0 Å². The van der Waals surface area contributed by atoms with Gasteiger partial charge >= 0.3 is 7.91 Å². The molecule has 0 aliphatic heterocycles. The van der Waals surface area contributed by atoms with Gasteiger partial charge in [0.05, 0.1) is 0 Å². The second kappa shape index (κ2) is 3.13. The molecule has 0 unspecified atom stereocenters. The number of hydrogen-bond acceptors (Lipinski definition) is 1. The largest absolute Gasteiger partial charge is 0.507 e. The van der Waals surface area contributed by atoms with Gasteiger partial charge in [-0.25, -0.2) is 4.57 Å². The van der Waals surface area contributed by atoms with Crippen LogP contribution in [0.25, 0.3) is 0 Å². The Bertz CT molecular complexity index is 56.9. The molecule has 33 valence electrons. The molecule has 0 aliphatic carbocycles. The quantitative estimate of drug-likeness (QED) is 0.342. The summed E-state index contributed by atoms with van der Waals surface area (Å²) in [5.74, 6) is 0. The average Bonchev–Trinajstić information content (AvgIpc) is 0.722. The Kier molecular flexibility index (Phi) is 5.29. The third-order valence-electron chi connectivity index (χ3n) is 0. The van der Waals surface area contributed by atoms with Gasteiger partial charge in [0, 0.05) is 29.6 Å². The van der Waals surface area contributed by atoms with Crippen LogP contribution < -0.4 is 0 Å². The first-order valence-electron chi connectivity index (χ1n) is 0.752. The summed E-state index contributed by atoms with van der Waals surface area (Å²) in [5, 5.41) is 0. The molecule has 0 aromatic carbocycles. The summed E-state index contributed by atoms with van der Waals surface area (Å²) < 4.78 is 19.0. The van der Waals surface area contributed by atoms with Crippen LogP contribution in [0.4, 0.5) is 4.20 Å². The Morgan fingerprint density at radius 3 is 1.50 bits per heavy atom. The standard InChI is InChI=1S/FH2O3P.Na/c1-5(2,3)4;/h(H2,2,3,4);. The van der Waals surface area contributed by atoms with E-state index in [1.807, 2.05) is 0 Å². The molecule has 0 bridgehead atoms. The Labute approximate surface area is 56.1 Å². The van der Waals surface area contributed by atoms with Crippen LogP contribution in [-0.4, -0.2) is 39.3 Å². The first-order chi connectivity index (χ1) is 2.00. The van der Waals surface area contributed by atoms with E-state index in [0.29, 0.717) is 0 Å². The maximum Gasteiger partial charge on any atom is 0.507 e. The summed E-state index contributed by atoms with van der Waals surface area (Å²) in [7, 11) is -5.14. The molecule has 0 aliphatic rings. The molecule has 0 fully saturated rings. The number of hydrogen-bond donors (Lipinski definition) is 2. The van der Waals surface area contributed by atoms with Crippen LogP contribution >= 0.6 is 7.91 Å². The van der Waals surface area contributed by atoms with Crippen LogP contribution in [0.2, 0.25) is 0 Å². The van der Waals surface area contributed by atoms with E-state index in [-0.39, 0.29) is 29.6 Å². The second-order valence-electron chi connectivity index (χ2n) is 0.473. The second-order valence-corrected chi connectivity index (χ2v) is 1.42. The summed E-state index contributed by atoms with van der Waals surface area (Å²) in [4.78, 5) is 13.9. The van der Waals surface area contributed by atoms with Gasteiger partial charge in [0.2, 0.25) is 0 Å². The molecule has 0 saturated carbocycles. The van der Waals surface area contributed by atoms with Gasteiger partial charge in [-0.05, 0) is 0 Å². The summed E-state index contributed by atoms with van der Waals surface area (Å²) in [6, 6.07) is 0. The minimum absolute atomic E-state index is 0. The molecule has 0 atom stereocenters. The fourth-order valence-electron chi connectivity index (χ4n) is 0. The summed E-state index contributed by atoms with van der Waals surface area (Å²) in [6.07, 6.45) is 0. The van der Waals surface area contributed by atoms with Crippen molar-refractivity contribution in [2.45, 2.75) is 0 Å². The summed E-state index contributed by atoms with van der Waals surface area (Å²) >= 11 is 0. The Hall–Kier alpha value is 1.08. The van der Waals surface area contributed by atoms with E-state index in [0.717, 1.165) is 0 Å². The Morgan fingerprint density at radius 2 is 1.50 bits per heavy atom. The van der Waals surface area contributed by atoms with Crippen LogP contribution in [0.15, 0.2) is 0 Å². The van der Waals surface area contributed by atoms with E-state index in [9.17, 15) is 4.20 Å². The molecule has 0 heterocycles. The maximum absolute atomic E-state index is 10.4. The molecule has 2 N–H and O–H groups in total. The monoisotopic (exact) mass is 123 g/mol. The minimum Gasteiger partial charge on any atom is -0.299 e. The van der Waals surface area contributed by atoms with E-state index in [1.54, 1.807) is 0 Å². The van der Waals surface area contributed by atoms with E-state index >= 15 is 0 Å². The molecule has 3 nitrogen and oxygen atoms in total. The zero-order valence-electron chi connectivity index (χ0n) is 3.13. The predicted octanol–water partition coefficient (Wildman–Crippen LogP) is -0.332. The van der Waals surface area contributed by atoms with E-state index < -0.39 is 7.91 Å². The number of halogens is 1. The molecular weight excluding hydrogens is 121 g/mol. The van der Waals surface area contributed by atoms with Crippen LogP contribution in [0, 0.1) is 0 Å². The van der Waals surface area contributed by atoms with Gasteiger partial charge in [0.1, 0.15) is 0 Å². The molecule has 0 aromatic rings. The number of rotatable bonds is 0. The van der Waals surface area contributed by atoms with Crippen molar-refractivity contribution in [3.8, 4) is 0 Å². The van der Waals surface area contributed by atoms with Crippen LogP contribution in [0.1, 0.15) is 0 Å². The third kappa shape index (κ3) is 72.5. The molecule has 0 spiro atoms. The van der Waals surface area contributed by atoms with Crippen molar-refractivity contribution in [3.63, 3.8) is 0 Å². The topological polar surface area (TPSA) is 57.5 Å². The first-order valence-corrected chi connectivity index (χ1v) is 2.25. The van der Waals surface area contributed by atoms with Crippen molar-refractivity contribution in [3.05, 3.63) is 0 Å². The van der Waals surface area contributed by atoms with Gasteiger partial charge in [0.25, 0.3) is 0 Å². The first kappa shape index (κ1) is 10.1. The third-order valence-corrected chi connectivity index (χ3v) is 0. The van der Waals surface area contributed by atoms with E-state index in [2.05, 4.69) is 0 Å². The van der Waals surface area contributed by atoms with Crippen molar-refractivity contribution < 1.29 is 18.5 Å². The molecular formula is H2FNaO3P. The Balaban J connectivity index is 0. The summed E-state index contributed by atoms with van der Waals surface area (Å²) in [6.45, 7) is 0. The van der Waals surface area contributed by atoms with Crippen LogP contribution in [0.3, 0.4) is 0 Å². The molecule has 0 saturated heterocycles. The van der Waals surface area contributed by atoms with E-state index in [1.165, 1.54) is 0 Å². The SMILES string of the molecule is O=P(O)(O)F.[Na]. The van der Waals surface area contributed by atoms with Crippen molar-refractivity contribution in [1.82, 2.24) is 0 Å². The van der Waals surface area contributed by atoms with Crippen molar-refractivity contribution in [1.29, 1.82) is 0 Å². The predicted molar refractivity (Wildman–Crippen MR) is 18.9 cm³/mol. The van der Waals surface area contributed by atoms with Gasteiger partial charge < -0.3 is 0 Å². The van der Waals surface area contributed by atoms with Gasteiger partial charge in [-0.3, -0.25) is 9.79 Å². The van der Waals surface area contributed by atoms with Gasteiger partial charge in [0.15, 0.2) is 0 Å². The van der Waals surface area contributed by atoms with Crippen LogP contribution in [-0.2, 0) is 4.57 Å². The summed E-state index contributed by atoms with van der Waals surface area (Å²) in [5.41, 5.74) is 0. The zero-order chi connectivity index (χ0) is 4.50. The normalized spacial score (nSPS) is 9.83.